The summed E-state index contributed by atoms with van der Waals surface area (Å²) in [4.78, 5) is 4.76. The van der Waals surface area contributed by atoms with Crippen LogP contribution in [0.2, 0.25) is 0 Å². The van der Waals surface area contributed by atoms with Gasteiger partial charge in [-0.25, -0.2) is 0 Å². The molecule has 0 spiro atoms. The summed E-state index contributed by atoms with van der Waals surface area (Å²) in [6.07, 6.45) is 16.5. The predicted octanol–water partition coefficient (Wildman–Crippen LogP) is 15.2. The van der Waals surface area contributed by atoms with E-state index in [4.69, 9.17) is 4.98 Å². The van der Waals surface area contributed by atoms with Gasteiger partial charge in [-0.2, -0.15) is 0 Å². The van der Waals surface area contributed by atoms with Crippen LogP contribution >= 0.6 is 0 Å². The minimum atomic E-state index is 0.505. The van der Waals surface area contributed by atoms with Crippen molar-refractivity contribution < 1.29 is 0 Å². The van der Waals surface area contributed by atoms with Crippen LogP contribution < -0.4 is 0 Å². The fourth-order valence-corrected chi connectivity index (χ4v) is 10.7. The Morgan fingerprint density at radius 3 is 1.50 bits per heavy atom. The van der Waals surface area contributed by atoms with Gasteiger partial charge in [0.1, 0.15) is 0 Å². The molecular weight excluding hydrogens is 777 g/mol. The molecule has 0 fully saturated rings. The number of allylic oxidation sites excluding steroid dienone is 2. The monoisotopic (exact) mass is 820 g/mol. The van der Waals surface area contributed by atoms with Crippen LogP contribution in [0.25, 0.3) is 106 Å². The van der Waals surface area contributed by atoms with Crippen LogP contribution in [0, 0.1) is 5.92 Å². The lowest BCUT2D eigenvalue weighted by molar-refractivity contribution is 0.717. The number of hydrogen-bond acceptors (Lipinski definition) is 1. The van der Waals surface area contributed by atoms with Gasteiger partial charge in [0.05, 0.1) is 22.1 Å². The van der Waals surface area contributed by atoms with Crippen LogP contribution in [0.4, 0.5) is 0 Å². The summed E-state index contributed by atoms with van der Waals surface area (Å²) in [5, 5.41) is 5.22. The third kappa shape index (κ3) is 5.79. The Labute approximate surface area is 372 Å². The standard InChI is InChI=1S/C60H44N4/c1-39-22-31-60-54(32-39)53-16-6-11-21-59(53)64(60)48-35-43(34-47(36-48)63-57-19-9-4-14-51(57)52-15-5-10-20-58(52)63)40-23-25-41(26-24-40)44-33-45(38-61-37-44)42-27-29-46(30-28-42)62-55-17-7-2-12-49(55)50-13-3-8-18-56(50)62/h2-4,6-14,16-31,33-39H,5,15,32H2,1H3. The molecule has 0 saturated heterocycles. The Balaban J connectivity index is 0.898. The molecule has 304 valence electrons. The van der Waals surface area contributed by atoms with Gasteiger partial charge in [-0.3, -0.25) is 4.98 Å². The van der Waals surface area contributed by atoms with Crippen LogP contribution in [-0.4, -0.2) is 18.7 Å². The van der Waals surface area contributed by atoms with E-state index in [9.17, 15) is 0 Å². The molecule has 0 N–H and O–H groups in total. The number of rotatable bonds is 6. The maximum absolute atomic E-state index is 4.76. The van der Waals surface area contributed by atoms with E-state index in [-0.39, 0.29) is 0 Å². The lowest BCUT2D eigenvalue weighted by Gasteiger charge is -2.19. The van der Waals surface area contributed by atoms with Crippen LogP contribution in [0.5, 0.6) is 0 Å². The summed E-state index contributed by atoms with van der Waals surface area (Å²) < 4.78 is 7.35. The first-order valence-electron chi connectivity index (χ1n) is 22.5. The van der Waals surface area contributed by atoms with Gasteiger partial charge in [0.25, 0.3) is 0 Å². The van der Waals surface area contributed by atoms with E-state index < -0.39 is 0 Å². The van der Waals surface area contributed by atoms with E-state index in [1.807, 2.05) is 12.4 Å². The van der Waals surface area contributed by atoms with Crippen molar-refractivity contribution >= 4 is 55.8 Å². The number of benzene rings is 7. The molecule has 0 bridgehead atoms. The first-order valence-corrected chi connectivity index (χ1v) is 22.5. The lowest BCUT2D eigenvalue weighted by atomic mass is 9.93. The van der Waals surface area contributed by atoms with E-state index in [1.165, 1.54) is 88.6 Å². The molecule has 1 atom stereocenters. The van der Waals surface area contributed by atoms with E-state index >= 15 is 0 Å². The molecule has 64 heavy (non-hydrogen) atoms. The van der Waals surface area contributed by atoms with Gasteiger partial charge >= 0.3 is 0 Å². The fraction of sp³-hybridized carbons (Fsp3) is 0.0833. The topological polar surface area (TPSA) is 27.7 Å². The number of nitrogens with zero attached hydrogens (tertiary/aromatic N) is 4. The van der Waals surface area contributed by atoms with Gasteiger partial charge in [0, 0.05) is 73.5 Å². The van der Waals surface area contributed by atoms with Crippen LogP contribution in [0.3, 0.4) is 0 Å². The zero-order valence-electron chi connectivity index (χ0n) is 35.6. The van der Waals surface area contributed by atoms with Crippen LogP contribution in [-0.2, 0) is 12.8 Å². The normalized spacial score (nSPS) is 14.5. The Bertz CT molecular complexity index is 3650. The molecule has 4 heterocycles. The zero-order chi connectivity index (χ0) is 42.3. The minimum absolute atomic E-state index is 0.505. The highest BCUT2D eigenvalue weighted by Gasteiger charge is 2.24. The number of hydrogen-bond donors (Lipinski definition) is 0. The third-order valence-corrected chi connectivity index (χ3v) is 13.7. The molecule has 1 unspecified atom stereocenters. The summed E-state index contributed by atoms with van der Waals surface area (Å²) in [7, 11) is 0. The van der Waals surface area contributed by atoms with Gasteiger partial charge in [0.15, 0.2) is 0 Å². The highest BCUT2D eigenvalue weighted by molar-refractivity contribution is 6.09. The van der Waals surface area contributed by atoms with Crippen molar-refractivity contribution in [3.8, 4) is 50.4 Å². The molecule has 11 aromatic rings. The summed E-state index contributed by atoms with van der Waals surface area (Å²) in [6.45, 7) is 2.32. The highest BCUT2D eigenvalue weighted by atomic mass is 15.0. The first-order chi connectivity index (χ1) is 31.6. The minimum Gasteiger partial charge on any atom is -0.309 e. The number of aryl methyl sites for hydroxylation is 1. The van der Waals surface area contributed by atoms with Crippen molar-refractivity contribution in [2.45, 2.75) is 26.2 Å². The Morgan fingerprint density at radius 1 is 0.422 bits per heavy atom. The molecule has 13 rings (SSSR count). The SMILES string of the molecule is CC1C=Cc2c(c3ccccc3n2-c2cc(-c3ccc(-c4cncc(-c5ccc(-n6c7ccccc7c7ccccc76)cc5)c4)cc3)cc(-n3c4c(c5ccccc53)CCC=C4)c2)C1. The molecule has 7 aromatic carbocycles. The Hall–Kier alpha value is -7.95. The molecule has 4 nitrogen and oxygen atoms in total. The smallest absolute Gasteiger partial charge is 0.0541 e. The highest BCUT2D eigenvalue weighted by Crippen LogP contribution is 2.40. The molecule has 2 aliphatic rings. The second-order valence-corrected chi connectivity index (χ2v) is 17.6. The van der Waals surface area contributed by atoms with Crippen molar-refractivity contribution in [2.75, 3.05) is 0 Å². The van der Waals surface area contributed by atoms with Gasteiger partial charge in [-0.05, 0) is 131 Å². The molecule has 4 aromatic heterocycles. The van der Waals surface area contributed by atoms with Gasteiger partial charge in [-0.1, -0.05) is 128 Å². The molecule has 0 radical (unpaired) electrons. The van der Waals surface area contributed by atoms with Gasteiger partial charge < -0.3 is 13.7 Å². The predicted molar refractivity (Wildman–Crippen MR) is 268 cm³/mol. The van der Waals surface area contributed by atoms with Crippen molar-refractivity contribution in [1.82, 2.24) is 18.7 Å². The zero-order valence-corrected chi connectivity index (χ0v) is 35.6. The molecule has 0 saturated carbocycles. The van der Waals surface area contributed by atoms with Crippen molar-refractivity contribution in [1.29, 1.82) is 0 Å². The van der Waals surface area contributed by atoms with E-state index in [2.05, 4.69) is 215 Å². The number of para-hydroxylation sites is 4. The largest absolute Gasteiger partial charge is 0.309 e. The Morgan fingerprint density at radius 2 is 0.906 bits per heavy atom. The fourth-order valence-electron chi connectivity index (χ4n) is 10.7. The van der Waals surface area contributed by atoms with Crippen molar-refractivity contribution in [3.63, 3.8) is 0 Å². The molecule has 0 aliphatic heterocycles. The first kappa shape index (κ1) is 36.7. The average Bonchev–Trinajstić information content (AvgIpc) is 4.00. The van der Waals surface area contributed by atoms with E-state index in [0.717, 1.165) is 47.2 Å². The molecular formula is C60H44N4. The summed E-state index contributed by atoms with van der Waals surface area (Å²) in [5.41, 5.74) is 20.6. The second-order valence-electron chi connectivity index (χ2n) is 17.6. The third-order valence-electron chi connectivity index (χ3n) is 13.7. The van der Waals surface area contributed by atoms with Crippen molar-refractivity contribution in [3.05, 3.63) is 217 Å². The summed E-state index contributed by atoms with van der Waals surface area (Å²) in [6, 6.07) is 62.6. The second kappa shape index (κ2) is 14.6. The van der Waals surface area contributed by atoms with Crippen LogP contribution in [0.1, 0.15) is 35.9 Å². The lowest BCUT2D eigenvalue weighted by Crippen LogP contribution is -2.07. The van der Waals surface area contributed by atoms with Gasteiger partial charge in [0.2, 0.25) is 0 Å². The molecule has 0 amide bonds. The quantitative estimate of drug-likeness (QED) is 0.164. The number of fused-ring (bicyclic) bond motifs is 9. The molecule has 4 heteroatoms. The average molecular weight is 821 g/mol. The van der Waals surface area contributed by atoms with Crippen molar-refractivity contribution in [2.24, 2.45) is 5.92 Å². The number of pyridine rings is 1. The maximum Gasteiger partial charge on any atom is 0.0541 e. The van der Waals surface area contributed by atoms with Crippen LogP contribution in [0.15, 0.2) is 194 Å². The van der Waals surface area contributed by atoms with E-state index in [1.54, 1.807) is 0 Å². The van der Waals surface area contributed by atoms with E-state index in [0.29, 0.717) is 5.92 Å². The Kier molecular flexibility index (Phi) is 8.35. The molecule has 2 aliphatic carbocycles. The summed E-state index contributed by atoms with van der Waals surface area (Å²) >= 11 is 0. The van der Waals surface area contributed by atoms with Gasteiger partial charge in [-0.15, -0.1) is 0 Å². The summed E-state index contributed by atoms with van der Waals surface area (Å²) in [5.74, 6) is 0.505. The number of aromatic nitrogens is 4. The maximum atomic E-state index is 4.76.